The van der Waals surface area contributed by atoms with Gasteiger partial charge in [-0.25, -0.2) is 0 Å². The van der Waals surface area contributed by atoms with Crippen LogP contribution in [0.3, 0.4) is 0 Å². The summed E-state index contributed by atoms with van der Waals surface area (Å²) in [5.74, 6) is 0.0943. The molecule has 1 fully saturated rings. The average molecular weight is 117 g/mol. The van der Waals surface area contributed by atoms with Crippen molar-refractivity contribution in [3.63, 3.8) is 0 Å². The average Bonchev–Trinajstić information content (AvgIpc) is 2.14. The molecule has 1 aliphatic rings. The molecule has 1 aliphatic heterocycles. The first-order valence-corrected chi connectivity index (χ1v) is 2.62. The molecule has 0 radical (unpaired) electrons. The molecule has 0 bridgehead atoms. The van der Waals surface area contributed by atoms with Crippen LogP contribution in [0.5, 0.6) is 0 Å². The maximum atomic E-state index is 10.4. The number of ether oxygens (including phenoxy) is 1. The van der Waals surface area contributed by atoms with Gasteiger partial charge >= 0.3 is 0 Å². The minimum atomic E-state index is 0. The van der Waals surface area contributed by atoms with Crippen molar-refractivity contribution in [2.24, 2.45) is 0 Å². The number of methoxy groups -OCH3 is 1. The fraction of sp³-hybridized carbons (Fsp3) is 0.800. The van der Waals surface area contributed by atoms with Gasteiger partial charge in [-0.15, -0.1) is 0 Å². The number of rotatable bonds is 1. The summed E-state index contributed by atoms with van der Waals surface area (Å²) < 4.78 is 4.90. The predicted molar refractivity (Wildman–Crippen MR) is 30.5 cm³/mol. The predicted octanol–water partition coefficient (Wildman–Crippen LogP) is -0.233. The third kappa shape index (κ3) is 0.980. The first kappa shape index (κ1) is 5.56. The Morgan fingerprint density at radius 2 is 2.75 bits per heavy atom. The summed E-state index contributed by atoms with van der Waals surface area (Å²) in [6.45, 7) is 0.676. The Bertz CT molecular complexity index is 107. The first-order chi connectivity index (χ1) is 3.83. The second kappa shape index (κ2) is 2.13. The zero-order valence-electron chi connectivity index (χ0n) is 4.81. The Balaban J connectivity index is 0.000000640. The third-order valence-electron chi connectivity index (χ3n) is 1.27. The van der Waals surface area contributed by atoms with E-state index in [0.29, 0.717) is 13.0 Å². The van der Waals surface area contributed by atoms with Crippen LogP contribution in [0.2, 0.25) is 0 Å². The van der Waals surface area contributed by atoms with Crippen LogP contribution < -0.4 is 5.32 Å². The highest BCUT2D eigenvalue weighted by atomic mass is 16.5. The Morgan fingerprint density at radius 1 is 2.00 bits per heavy atom. The van der Waals surface area contributed by atoms with Gasteiger partial charge in [0, 0.05) is 15.1 Å². The Kier molecular flexibility index (Phi) is 1.48. The van der Waals surface area contributed by atoms with Crippen molar-refractivity contribution in [3.05, 3.63) is 0 Å². The summed E-state index contributed by atoms with van der Waals surface area (Å²) >= 11 is 0. The summed E-state index contributed by atoms with van der Waals surface area (Å²) in [4.78, 5) is 10.4. The lowest BCUT2D eigenvalue weighted by Gasteiger charge is -2.00. The molecule has 0 aromatic rings. The van der Waals surface area contributed by atoms with Gasteiger partial charge in [-0.05, 0) is 0 Å². The summed E-state index contributed by atoms with van der Waals surface area (Å²) in [5.41, 5.74) is 0. The van der Waals surface area contributed by atoms with Crippen LogP contribution in [0.25, 0.3) is 0 Å². The van der Waals surface area contributed by atoms with Crippen LogP contribution >= 0.6 is 0 Å². The molecule has 3 heteroatoms. The molecule has 48 valence electrons. The minimum Gasteiger partial charge on any atom is -0.379 e. The number of hydrogen-bond donors (Lipinski definition) is 1. The highest BCUT2D eigenvalue weighted by molar-refractivity contribution is 5.78. The van der Waals surface area contributed by atoms with Crippen molar-refractivity contribution in [2.45, 2.75) is 12.5 Å². The van der Waals surface area contributed by atoms with E-state index in [0.717, 1.165) is 0 Å². The van der Waals surface area contributed by atoms with Gasteiger partial charge in [0.1, 0.15) is 0 Å². The van der Waals surface area contributed by atoms with Gasteiger partial charge in [0.25, 0.3) is 0 Å². The van der Waals surface area contributed by atoms with Crippen molar-refractivity contribution in [1.29, 1.82) is 0 Å². The maximum Gasteiger partial charge on any atom is 0.222 e. The molecule has 1 rings (SSSR count). The molecular weight excluding hydrogens is 106 g/mol. The normalized spacial score (nSPS) is 28.1. The molecule has 1 atom stereocenters. The van der Waals surface area contributed by atoms with E-state index in [1.807, 2.05) is 0 Å². The van der Waals surface area contributed by atoms with E-state index < -0.39 is 0 Å². The number of nitrogens with one attached hydrogen (secondary N) is 1. The Labute approximate surface area is 49.5 Å². The fourth-order valence-corrected chi connectivity index (χ4v) is 0.745. The van der Waals surface area contributed by atoms with Crippen molar-refractivity contribution < 1.29 is 11.0 Å². The molecule has 8 heavy (non-hydrogen) atoms. The quantitative estimate of drug-likeness (QED) is 0.515. The highest BCUT2D eigenvalue weighted by Crippen LogP contribution is 2.01. The summed E-state index contributed by atoms with van der Waals surface area (Å²) in [7, 11) is 1.62. The van der Waals surface area contributed by atoms with Crippen LogP contribution in [-0.4, -0.2) is 25.7 Å². The van der Waals surface area contributed by atoms with Gasteiger partial charge in [0.2, 0.25) is 5.91 Å². The van der Waals surface area contributed by atoms with Crippen molar-refractivity contribution >= 4 is 5.91 Å². The van der Waals surface area contributed by atoms with Crippen molar-refractivity contribution in [2.75, 3.05) is 13.7 Å². The molecule has 1 amide bonds. The zero-order chi connectivity index (χ0) is 5.98. The van der Waals surface area contributed by atoms with Crippen LogP contribution in [-0.2, 0) is 9.53 Å². The monoisotopic (exact) mass is 117 g/mol. The number of amides is 1. The summed E-state index contributed by atoms with van der Waals surface area (Å²) in [6.07, 6.45) is 0.638. The SMILES string of the molecule is CO[C@H]1CNC(=O)C1.[HH]. The van der Waals surface area contributed by atoms with E-state index in [-0.39, 0.29) is 13.4 Å². The van der Waals surface area contributed by atoms with Gasteiger partial charge < -0.3 is 10.1 Å². The lowest BCUT2D eigenvalue weighted by Crippen LogP contribution is -2.16. The van der Waals surface area contributed by atoms with Gasteiger partial charge in [0.15, 0.2) is 0 Å². The van der Waals surface area contributed by atoms with E-state index in [4.69, 9.17) is 4.74 Å². The molecule has 0 unspecified atom stereocenters. The van der Waals surface area contributed by atoms with Gasteiger partial charge in [-0.3, -0.25) is 4.79 Å². The molecule has 0 aromatic carbocycles. The van der Waals surface area contributed by atoms with Gasteiger partial charge in [-0.1, -0.05) is 0 Å². The molecule has 0 spiro atoms. The smallest absolute Gasteiger partial charge is 0.222 e. The zero-order valence-corrected chi connectivity index (χ0v) is 4.81. The molecule has 1 saturated heterocycles. The number of hydrogen-bond acceptors (Lipinski definition) is 2. The van der Waals surface area contributed by atoms with Crippen LogP contribution in [0.1, 0.15) is 7.85 Å². The standard InChI is InChI=1S/C5H9NO2.H2/c1-8-4-2-5(7)6-3-4;/h4H,2-3H2,1H3,(H,6,7);1H/t4-;/m1./s1. The van der Waals surface area contributed by atoms with Crippen LogP contribution in [0.15, 0.2) is 0 Å². The maximum absolute atomic E-state index is 10.4. The molecule has 0 aromatic heterocycles. The summed E-state index contributed by atoms with van der Waals surface area (Å²) in [6, 6.07) is 0. The molecule has 3 nitrogen and oxygen atoms in total. The van der Waals surface area contributed by atoms with E-state index in [9.17, 15) is 4.79 Å². The molecule has 1 heterocycles. The molecule has 0 saturated carbocycles. The van der Waals surface area contributed by atoms with Gasteiger partial charge in [0.05, 0.1) is 12.5 Å². The van der Waals surface area contributed by atoms with Crippen LogP contribution in [0, 0.1) is 0 Å². The van der Waals surface area contributed by atoms with Gasteiger partial charge in [-0.2, -0.15) is 0 Å². The number of carbonyl (C=O) groups excluding carboxylic acids is 1. The lowest BCUT2D eigenvalue weighted by atomic mass is 10.3. The fourth-order valence-electron chi connectivity index (χ4n) is 0.745. The molecular formula is C5H11NO2. The number of carbonyl (C=O) groups is 1. The highest BCUT2D eigenvalue weighted by Gasteiger charge is 2.19. The van der Waals surface area contributed by atoms with E-state index >= 15 is 0 Å². The largest absolute Gasteiger partial charge is 0.379 e. The Morgan fingerprint density at radius 3 is 3.00 bits per heavy atom. The summed E-state index contributed by atoms with van der Waals surface area (Å²) in [5, 5.41) is 2.66. The van der Waals surface area contributed by atoms with Crippen molar-refractivity contribution in [3.8, 4) is 0 Å². The van der Waals surface area contributed by atoms with E-state index in [2.05, 4.69) is 5.32 Å². The first-order valence-electron chi connectivity index (χ1n) is 2.62. The van der Waals surface area contributed by atoms with E-state index in [1.54, 1.807) is 7.11 Å². The van der Waals surface area contributed by atoms with E-state index in [1.165, 1.54) is 0 Å². The molecule has 0 aliphatic carbocycles. The molecule has 1 N–H and O–H groups in total. The lowest BCUT2D eigenvalue weighted by molar-refractivity contribution is -0.119. The Hall–Kier alpha value is -0.570. The van der Waals surface area contributed by atoms with Crippen molar-refractivity contribution in [1.82, 2.24) is 5.32 Å². The van der Waals surface area contributed by atoms with Crippen LogP contribution in [0.4, 0.5) is 0 Å². The second-order valence-corrected chi connectivity index (χ2v) is 1.87. The minimum absolute atomic E-state index is 0. The second-order valence-electron chi connectivity index (χ2n) is 1.87. The third-order valence-corrected chi connectivity index (χ3v) is 1.27. The topological polar surface area (TPSA) is 38.3 Å².